The number of ether oxygens (including phenoxy) is 1. The summed E-state index contributed by atoms with van der Waals surface area (Å²) in [4.78, 5) is 22.5. The van der Waals surface area contributed by atoms with Gasteiger partial charge in [0, 0.05) is 0 Å². The second-order valence-electron chi connectivity index (χ2n) is 5.88. The molecule has 0 saturated carbocycles. The Morgan fingerprint density at radius 1 is 1.20 bits per heavy atom. The molecule has 3 heterocycles. The van der Waals surface area contributed by atoms with E-state index < -0.39 is 5.91 Å². The van der Waals surface area contributed by atoms with E-state index in [0.717, 1.165) is 38.5 Å². The van der Waals surface area contributed by atoms with E-state index in [1.807, 2.05) is 12.3 Å². The Hall–Kier alpha value is -1.75. The van der Waals surface area contributed by atoms with Crippen LogP contribution in [0.3, 0.4) is 0 Å². The van der Waals surface area contributed by atoms with Crippen LogP contribution in [0.1, 0.15) is 16.8 Å². The number of primary amides is 1. The number of rotatable bonds is 7. The van der Waals surface area contributed by atoms with E-state index in [2.05, 4.69) is 20.9 Å². The first-order chi connectivity index (χ1) is 12.2. The quantitative estimate of drug-likeness (QED) is 0.546. The number of carbonyl (C=O) groups excluding carboxylic acids is 1. The summed E-state index contributed by atoms with van der Waals surface area (Å²) in [6.07, 6.45) is 4.75. The van der Waals surface area contributed by atoms with Crippen LogP contribution >= 0.6 is 0 Å². The predicted octanol–water partition coefficient (Wildman–Crippen LogP) is 0.713. The van der Waals surface area contributed by atoms with Gasteiger partial charge in [-0.15, -0.1) is 0 Å². The van der Waals surface area contributed by atoms with Crippen LogP contribution in [0.4, 0.5) is 0 Å². The third-order valence-corrected chi connectivity index (χ3v) is 6.54. The van der Waals surface area contributed by atoms with E-state index in [1.54, 1.807) is 18.3 Å². The van der Waals surface area contributed by atoms with Gasteiger partial charge in [0.2, 0.25) is 0 Å². The van der Waals surface area contributed by atoms with E-state index >= 15 is 0 Å². The molecular weight excluding hydrogens is 379 g/mol. The average molecular weight is 401 g/mol. The Kier molecular flexibility index (Phi) is 6.56. The summed E-state index contributed by atoms with van der Waals surface area (Å²) in [7, 11) is 0. The fraction of sp³-hybridized carbons (Fsp3) is 0.389. The number of amides is 1. The van der Waals surface area contributed by atoms with E-state index in [9.17, 15) is 4.79 Å². The van der Waals surface area contributed by atoms with Crippen LogP contribution in [0.2, 0.25) is 5.21 Å². The Bertz CT molecular complexity index is 702. The second kappa shape index (κ2) is 9.09. The van der Waals surface area contributed by atoms with Crippen molar-refractivity contribution in [2.75, 3.05) is 32.8 Å². The minimum absolute atomic E-state index is 0.136. The summed E-state index contributed by atoms with van der Waals surface area (Å²) in [5.74, 6) is -0.453. The molecular formula is C18H22AsN4O2. The molecule has 0 unspecified atom stereocenters. The molecule has 1 saturated heterocycles. The third-order valence-electron chi connectivity index (χ3n) is 4.09. The normalized spacial score (nSPS) is 15.7. The van der Waals surface area contributed by atoms with Crippen molar-refractivity contribution in [1.82, 2.24) is 14.9 Å². The van der Waals surface area contributed by atoms with Gasteiger partial charge in [-0.25, -0.2) is 0 Å². The monoisotopic (exact) mass is 401 g/mol. The zero-order valence-electron chi connectivity index (χ0n) is 14.1. The molecule has 0 aliphatic carbocycles. The van der Waals surface area contributed by atoms with Crippen LogP contribution in [-0.4, -0.2) is 69.4 Å². The molecule has 0 spiro atoms. The van der Waals surface area contributed by atoms with Crippen LogP contribution in [0.5, 0.6) is 0 Å². The van der Waals surface area contributed by atoms with Gasteiger partial charge < -0.3 is 0 Å². The van der Waals surface area contributed by atoms with Crippen molar-refractivity contribution in [3.63, 3.8) is 0 Å². The SMILES string of the molecule is NC(=O)c1ccnc(-c2ccc([As]CCCN3CCOCC3)cn2)c1. The van der Waals surface area contributed by atoms with Gasteiger partial charge in [0.15, 0.2) is 0 Å². The first-order valence-corrected chi connectivity index (χ1v) is 10.7. The van der Waals surface area contributed by atoms with Gasteiger partial charge in [0.05, 0.1) is 0 Å². The summed E-state index contributed by atoms with van der Waals surface area (Å²) in [5.41, 5.74) is 7.20. The summed E-state index contributed by atoms with van der Waals surface area (Å²) >= 11 is 0.136. The molecule has 1 amide bonds. The van der Waals surface area contributed by atoms with Crippen molar-refractivity contribution >= 4 is 26.0 Å². The first-order valence-electron chi connectivity index (χ1n) is 8.42. The van der Waals surface area contributed by atoms with Crippen molar-refractivity contribution in [2.24, 2.45) is 5.73 Å². The first kappa shape index (κ1) is 18.1. The van der Waals surface area contributed by atoms with Gasteiger partial charge in [-0.2, -0.15) is 0 Å². The van der Waals surface area contributed by atoms with Crippen molar-refractivity contribution in [3.8, 4) is 11.4 Å². The zero-order valence-corrected chi connectivity index (χ0v) is 16.0. The molecule has 1 aliphatic heterocycles. The third kappa shape index (κ3) is 5.36. The number of pyridine rings is 2. The summed E-state index contributed by atoms with van der Waals surface area (Å²) < 4.78 is 6.68. The molecule has 6 nitrogen and oxygen atoms in total. The van der Waals surface area contributed by atoms with Gasteiger partial charge in [-0.1, -0.05) is 0 Å². The van der Waals surface area contributed by atoms with Gasteiger partial charge >= 0.3 is 154 Å². The number of aromatic nitrogens is 2. The number of hydrogen-bond acceptors (Lipinski definition) is 5. The van der Waals surface area contributed by atoms with Crippen molar-refractivity contribution in [3.05, 3.63) is 42.2 Å². The Balaban J connectivity index is 1.50. The van der Waals surface area contributed by atoms with Crippen LogP contribution < -0.4 is 10.1 Å². The maximum atomic E-state index is 11.3. The molecule has 131 valence electrons. The number of nitrogens with two attached hydrogens (primary N) is 1. The van der Waals surface area contributed by atoms with Gasteiger partial charge in [-0.3, -0.25) is 0 Å². The van der Waals surface area contributed by atoms with Crippen LogP contribution in [0.25, 0.3) is 11.4 Å². The molecule has 1 radical (unpaired) electrons. The molecule has 0 atom stereocenters. The van der Waals surface area contributed by atoms with E-state index in [1.165, 1.54) is 16.0 Å². The van der Waals surface area contributed by atoms with Crippen LogP contribution in [0, 0.1) is 0 Å². The summed E-state index contributed by atoms with van der Waals surface area (Å²) in [6, 6.07) is 7.38. The molecule has 25 heavy (non-hydrogen) atoms. The van der Waals surface area contributed by atoms with Crippen molar-refractivity contribution in [2.45, 2.75) is 11.6 Å². The molecule has 2 N–H and O–H groups in total. The number of nitrogens with zero attached hydrogens (tertiary/aromatic N) is 3. The van der Waals surface area contributed by atoms with Gasteiger partial charge in [0.1, 0.15) is 0 Å². The van der Waals surface area contributed by atoms with E-state index in [4.69, 9.17) is 10.5 Å². The van der Waals surface area contributed by atoms with E-state index in [-0.39, 0.29) is 15.8 Å². The van der Waals surface area contributed by atoms with Gasteiger partial charge in [-0.05, 0) is 0 Å². The molecule has 0 bridgehead atoms. The summed E-state index contributed by atoms with van der Waals surface area (Å²) in [5, 5.41) is 1.24. The number of morpholine rings is 1. The summed E-state index contributed by atoms with van der Waals surface area (Å²) in [6.45, 7) is 5.01. The molecule has 1 aliphatic rings. The van der Waals surface area contributed by atoms with Crippen LogP contribution in [-0.2, 0) is 4.74 Å². The Morgan fingerprint density at radius 2 is 2.04 bits per heavy atom. The fourth-order valence-corrected chi connectivity index (χ4v) is 4.52. The van der Waals surface area contributed by atoms with Crippen molar-refractivity contribution < 1.29 is 9.53 Å². The molecule has 3 rings (SSSR count). The molecule has 7 heteroatoms. The Labute approximate surface area is 154 Å². The number of carbonyl (C=O) groups is 1. The topological polar surface area (TPSA) is 81.3 Å². The Morgan fingerprint density at radius 3 is 2.76 bits per heavy atom. The zero-order chi connectivity index (χ0) is 17.5. The maximum absolute atomic E-state index is 11.3. The molecule has 0 aromatic carbocycles. The molecule has 2 aromatic rings. The minimum atomic E-state index is -0.453. The predicted molar refractivity (Wildman–Crippen MR) is 98.1 cm³/mol. The van der Waals surface area contributed by atoms with Crippen LogP contribution in [0.15, 0.2) is 36.7 Å². The average Bonchev–Trinajstić information content (AvgIpc) is 2.67. The fourth-order valence-electron chi connectivity index (χ4n) is 2.68. The van der Waals surface area contributed by atoms with E-state index in [0.29, 0.717) is 11.3 Å². The van der Waals surface area contributed by atoms with Crippen molar-refractivity contribution in [1.29, 1.82) is 0 Å². The molecule has 2 aromatic heterocycles. The molecule has 1 fully saturated rings. The second-order valence-corrected chi connectivity index (χ2v) is 8.57. The van der Waals surface area contributed by atoms with Gasteiger partial charge in [0.25, 0.3) is 0 Å². The standard InChI is InChI=1S/C18H22AsN4O2/c20-18(24)14-4-6-21-17(12-14)16-3-2-15(13-22-16)19-5-1-7-23-8-10-25-11-9-23/h2-4,6,12-13H,1,5,7-11H2,(H2,20,24). The number of hydrogen-bond donors (Lipinski definition) is 1.